The highest BCUT2D eigenvalue weighted by Gasteiger charge is 2.08. The molecule has 1 N–H and O–H groups in total. The van der Waals surface area contributed by atoms with E-state index in [4.69, 9.17) is 20.5 Å². The number of unbranched alkanes of at least 4 members (excludes halogenated alkanes) is 6. The van der Waals surface area contributed by atoms with E-state index in [0.717, 1.165) is 25.7 Å². The van der Waals surface area contributed by atoms with Gasteiger partial charge in [-0.05, 0) is 37.1 Å². The molecule has 0 aliphatic carbocycles. The summed E-state index contributed by atoms with van der Waals surface area (Å²) < 4.78 is 27.7. The molecule has 0 saturated carbocycles. The lowest BCUT2D eigenvalue weighted by Crippen LogP contribution is -1.98. The topological polar surface area (TPSA) is 63.6 Å². The molecule has 6 heteroatoms. The molecule has 0 saturated heterocycles. The van der Waals surface area contributed by atoms with Crippen LogP contribution in [0.1, 0.15) is 44.9 Å². The van der Waals surface area contributed by atoms with Crippen LogP contribution in [-0.2, 0) is 9.05 Å². The number of benzene rings is 1. The van der Waals surface area contributed by atoms with E-state index in [2.05, 4.69) is 0 Å². The Labute approximate surface area is 131 Å². The summed E-state index contributed by atoms with van der Waals surface area (Å²) in [6.07, 6.45) is 7.65. The molecule has 0 unspecified atom stereocenters. The van der Waals surface area contributed by atoms with Gasteiger partial charge in [-0.1, -0.05) is 32.1 Å². The fraction of sp³-hybridized carbons (Fsp3) is 0.600. The molecule has 120 valence electrons. The van der Waals surface area contributed by atoms with Gasteiger partial charge in [0.1, 0.15) is 5.75 Å². The van der Waals surface area contributed by atoms with E-state index in [1.807, 2.05) is 0 Å². The van der Waals surface area contributed by atoms with Gasteiger partial charge in [0.2, 0.25) is 0 Å². The number of halogens is 1. The van der Waals surface area contributed by atoms with E-state index in [9.17, 15) is 8.42 Å². The Morgan fingerprint density at radius 3 is 1.95 bits per heavy atom. The largest absolute Gasteiger partial charge is 0.494 e. The maximum atomic E-state index is 11.1. The van der Waals surface area contributed by atoms with Gasteiger partial charge in [0.15, 0.2) is 0 Å². The number of hydrogen-bond acceptors (Lipinski definition) is 4. The van der Waals surface area contributed by atoms with Gasteiger partial charge in [0, 0.05) is 17.3 Å². The van der Waals surface area contributed by atoms with Gasteiger partial charge in [0.25, 0.3) is 9.05 Å². The molecule has 1 aromatic carbocycles. The average Bonchev–Trinajstić information content (AvgIpc) is 2.45. The lowest BCUT2D eigenvalue weighted by molar-refractivity contribution is 0.281. The summed E-state index contributed by atoms with van der Waals surface area (Å²) in [5, 5.41) is 8.65. The second kappa shape index (κ2) is 10.0. The van der Waals surface area contributed by atoms with E-state index in [0.29, 0.717) is 12.4 Å². The second-order valence-corrected chi connectivity index (χ2v) is 7.52. The molecule has 1 rings (SSSR count). The van der Waals surface area contributed by atoms with Crippen molar-refractivity contribution >= 4 is 19.7 Å². The lowest BCUT2D eigenvalue weighted by Gasteiger charge is -2.06. The van der Waals surface area contributed by atoms with Crippen molar-refractivity contribution in [2.75, 3.05) is 13.2 Å². The van der Waals surface area contributed by atoms with Gasteiger partial charge in [0.05, 0.1) is 11.5 Å². The minimum atomic E-state index is -3.66. The van der Waals surface area contributed by atoms with Crippen molar-refractivity contribution in [1.82, 2.24) is 0 Å². The Kier molecular flexibility index (Phi) is 8.73. The molecule has 0 heterocycles. The van der Waals surface area contributed by atoms with Crippen molar-refractivity contribution < 1.29 is 18.3 Å². The first-order chi connectivity index (χ1) is 10.0. The van der Waals surface area contributed by atoms with E-state index >= 15 is 0 Å². The van der Waals surface area contributed by atoms with Gasteiger partial charge in [-0.2, -0.15) is 0 Å². The zero-order valence-corrected chi connectivity index (χ0v) is 13.7. The smallest absolute Gasteiger partial charge is 0.261 e. The Balaban J connectivity index is 2.10. The van der Waals surface area contributed by atoms with Crippen LogP contribution in [0.25, 0.3) is 0 Å². The fourth-order valence-corrected chi connectivity index (χ4v) is 2.76. The van der Waals surface area contributed by atoms with Crippen molar-refractivity contribution in [2.45, 2.75) is 49.8 Å². The van der Waals surface area contributed by atoms with Gasteiger partial charge < -0.3 is 9.84 Å². The molecular formula is C15H23ClO4S. The van der Waals surface area contributed by atoms with Crippen LogP contribution in [0.15, 0.2) is 29.2 Å². The van der Waals surface area contributed by atoms with Gasteiger partial charge >= 0.3 is 0 Å². The maximum Gasteiger partial charge on any atom is 0.261 e. The molecule has 4 nitrogen and oxygen atoms in total. The molecule has 0 bridgehead atoms. The van der Waals surface area contributed by atoms with Crippen molar-refractivity contribution in [3.63, 3.8) is 0 Å². The Morgan fingerprint density at radius 1 is 0.905 bits per heavy atom. The normalized spacial score (nSPS) is 11.5. The van der Waals surface area contributed by atoms with Crippen LogP contribution in [0.4, 0.5) is 0 Å². The summed E-state index contributed by atoms with van der Waals surface area (Å²) in [6.45, 7) is 0.918. The van der Waals surface area contributed by atoms with Gasteiger partial charge in [-0.15, -0.1) is 0 Å². The Hall–Kier alpha value is -0.780. The van der Waals surface area contributed by atoms with E-state index in [-0.39, 0.29) is 11.5 Å². The number of rotatable bonds is 11. The highest BCUT2D eigenvalue weighted by Crippen LogP contribution is 2.19. The molecule has 0 atom stereocenters. The van der Waals surface area contributed by atoms with Crippen molar-refractivity contribution in [3.8, 4) is 5.75 Å². The fourth-order valence-electron chi connectivity index (χ4n) is 1.99. The van der Waals surface area contributed by atoms with Gasteiger partial charge in [-0.25, -0.2) is 8.42 Å². The monoisotopic (exact) mass is 334 g/mol. The minimum Gasteiger partial charge on any atom is -0.494 e. The van der Waals surface area contributed by atoms with Crippen molar-refractivity contribution in [1.29, 1.82) is 0 Å². The zero-order valence-electron chi connectivity index (χ0n) is 12.1. The number of ether oxygens (including phenoxy) is 1. The summed E-state index contributed by atoms with van der Waals surface area (Å²) in [4.78, 5) is 0.0828. The van der Waals surface area contributed by atoms with Crippen LogP contribution in [-0.4, -0.2) is 26.7 Å². The summed E-state index contributed by atoms with van der Waals surface area (Å²) in [7, 11) is 1.57. The number of aliphatic hydroxyl groups excluding tert-OH is 1. The minimum absolute atomic E-state index is 0.0828. The SMILES string of the molecule is O=S(=O)(Cl)c1ccc(OCCCCCCCCCO)cc1. The molecule has 0 aliphatic rings. The highest BCUT2D eigenvalue weighted by molar-refractivity contribution is 8.13. The predicted molar refractivity (Wildman–Crippen MR) is 84.4 cm³/mol. The van der Waals surface area contributed by atoms with Crippen LogP contribution >= 0.6 is 10.7 Å². The summed E-state index contributed by atoms with van der Waals surface area (Å²) in [5.74, 6) is 0.655. The summed E-state index contributed by atoms with van der Waals surface area (Å²) in [6, 6.07) is 6.12. The molecule has 0 fully saturated rings. The Bertz CT molecular complexity index is 485. The molecule has 0 aromatic heterocycles. The van der Waals surface area contributed by atoms with Crippen LogP contribution in [0.2, 0.25) is 0 Å². The van der Waals surface area contributed by atoms with E-state index in [1.165, 1.54) is 31.4 Å². The second-order valence-electron chi connectivity index (χ2n) is 4.96. The van der Waals surface area contributed by atoms with Gasteiger partial charge in [-0.3, -0.25) is 0 Å². The first-order valence-electron chi connectivity index (χ1n) is 7.32. The quantitative estimate of drug-likeness (QED) is 0.495. The van der Waals surface area contributed by atoms with E-state index < -0.39 is 9.05 Å². The molecule has 0 spiro atoms. The molecule has 0 aliphatic heterocycles. The highest BCUT2D eigenvalue weighted by atomic mass is 35.7. The Morgan fingerprint density at radius 2 is 1.43 bits per heavy atom. The molecule has 21 heavy (non-hydrogen) atoms. The van der Waals surface area contributed by atoms with Crippen LogP contribution in [0.5, 0.6) is 5.75 Å². The lowest BCUT2D eigenvalue weighted by atomic mass is 10.1. The average molecular weight is 335 g/mol. The predicted octanol–water partition coefficient (Wildman–Crippen LogP) is 3.72. The molecule has 1 aromatic rings. The third-order valence-electron chi connectivity index (χ3n) is 3.18. The third kappa shape index (κ3) is 8.29. The molecule has 0 radical (unpaired) electrons. The summed E-state index contributed by atoms with van der Waals surface area (Å²) >= 11 is 0. The maximum absolute atomic E-state index is 11.1. The zero-order chi connectivity index (χ0) is 15.6. The van der Waals surface area contributed by atoms with Crippen LogP contribution < -0.4 is 4.74 Å². The first kappa shape index (κ1) is 18.3. The number of aliphatic hydroxyl groups is 1. The molecular weight excluding hydrogens is 312 g/mol. The number of hydrogen-bond donors (Lipinski definition) is 1. The first-order valence-corrected chi connectivity index (χ1v) is 9.63. The standard InChI is InChI=1S/C15H23ClO4S/c16-21(18,19)15-10-8-14(9-11-15)20-13-7-5-3-1-2-4-6-12-17/h8-11,17H,1-7,12-13H2. The van der Waals surface area contributed by atoms with Crippen LogP contribution in [0, 0.1) is 0 Å². The molecule has 0 amide bonds. The summed E-state index contributed by atoms with van der Waals surface area (Å²) in [5.41, 5.74) is 0. The van der Waals surface area contributed by atoms with Crippen molar-refractivity contribution in [3.05, 3.63) is 24.3 Å². The third-order valence-corrected chi connectivity index (χ3v) is 4.55. The van der Waals surface area contributed by atoms with E-state index in [1.54, 1.807) is 12.1 Å². The van der Waals surface area contributed by atoms with Crippen molar-refractivity contribution in [2.24, 2.45) is 0 Å². The van der Waals surface area contributed by atoms with Crippen LogP contribution in [0.3, 0.4) is 0 Å².